The number of ether oxygens (including phenoxy) is 2. The molecule has 2 aliphatic rings. The van der Waals surface area contributed by atoms with E-state index in [0.717, 1.165) is 58.1 Å². The molecular weight excluding hydrogens is 522 g/mol. The molecule has 1 unspecified atom stereocenters. The van der Waals surface area contributed by atoms with Gasteiger partial charge in [-0.15, -0.1) is 0 Å². The Hall–Kier alpha value is -3.53. The van der Waals surface area contributed by atoms with Crippen LogP contribution in [0.5, 0.6) is 5.75 Å². The van der Waals surface area contributed by atoms with Crippen LogP contribution in [0, 0.1) is 6.92 Å². The van der Waals surface area contributed by atoms with Gasteiger partial charge in [0.2, 0.25) is 0 Å². The topological polar surface area (TPSA) is 84.0 Å². The van der Waals surface area contributed by atoms with Gasteiger partial charge in [0, 0.05) is 46.8 Å². The Morgan fingerprint density at radius 1 is 1.00 bits per heavy atom. The second-order valence-electron chi connectivity index (χ2n) is 11.4. The lowest BCUT2D eigenvalue weighted by molar-refractivity contribution is -0.0749. The molecule has 0 aliphatic carbocycles. The Bertz CT molecular complexity index is 1530. The average molecular weight is 558 g/mol. The Morgan fingerprint density at radius 2 is 1.70 bits per heavy atom. The SMILES string of the molecule is Cc1ccc(-n2nc(C(C)(C)C)cc2NC(=O)Nc2ccc(OC3(N4CCSCC4)CO3)c3ccccc23)cc1. The van der Waals surface area contributed by atoms with E-state index in [-0.39, 0.29) is 11.4 Å². The number of thioether (sulfide) groups is 1. The van der Waals surface area contributed by atoms with Crippen molar-refractivity contribution in [1.82, 2.24) is 14.7 Å². The molecule has 2 amide bonds. The van der Waals surface area contributed by atoms with Crippen molar-refractivity contribution < 1.29 is 14.3 Å². The second kappa shape index (κ2) is 10.5. The number of benzene rings is 3. The van der Waals surface area contributed by atoms with Crippen LogP contribution in [-0.4, -0.2) is 57.8 Å². The highest BCUT2D eigenvalue weighted by Crippen LogP contribution is 2.40. The minimum atomic E-state index is -0.685. The van der Waals surface area contributed by atoms with Crippen LogP contribution < -0.4 is 15.4 Å². The van der Waals surface area contributed by atoms with E-state index in [1.165, 1.54) is 0 Å². The van der Waals surface area contributed by atoms with Crippen LogP contribution in [0.15, 0.2) is 66.7 Å². The van der Waals surface area contributed by atoms with Crippen molar-refractivity contribution in [3.05, 3.63) is 78.0 Å². The van der Waals surface area contributed by atoms with Gasteiger partial charge in [-0.2, -0.15) is 16.9 Å². The van der Waals surface area contributed by atoms with Crippen LogP contribution in [-0.2, 0) is 10.2 Å². The monoisotopic (exact) mass is 557 g/mol. The van der Waals surface area contributed by atoms with E-state index < -0.39 is 5.91 Å². The molecule has 2 aliphatic heterocycles. The fraction of sp³-hybridized carbons (Fsp3) is 0.355. The minimum absolute atomic E-state index is 0.176. The van der Waals surface area contributed by atoms with Gasteiger partial charge in [0.25, 0.3) is 5.91 Å². The molecule has 6 rings (SSSR count). The van der Waals surface area contributed by atoms with Crippen molar-refractivity contribution in [2.24, 2.45) is 0 Å². The van der Waals surface area contributed by atoms with Crippen molar-refractivity contribution in [3.63, 3.8) is 0 Å². The van der Waals surface area contributed by atoms with Crippen LogP contribution in [0.2, 0.25) is 0 Å². The molecule has 9 heteroatoms. The molecule has 208 valence electrons. The summed E-state index contributed by atoms with van der Waals surface area (Å²) in [5.74, 6) is 2.81. The number of carbonyl (C=O) groups excluding carboxylic acids is 1. The van der Waals surface area contributed by atoms with Crippen LogP contribution in [0.3, 0.4) is 0 Å². The zero-order valence-electron chi connectivity index (χ0n) is 23.4. The first kappa shape index (κ1) is 26.7. The molecule has 0 saturated carbocycles. The summed E-state index contributed by atoms with van der Waals surface area (Å²) in [5, 5.41) is 12.7. The lowest BCUT2D eigenvalue weighted by atomic mass is 9.92. The highest BCUT2D eigenvalue weighted by molar-refractivity contribution is 7.99. The number of urea groups is 1. The van der Waals surface area contributed by atoms with E-state index >= 15 is 0 Å². The van der Waals surface area contributed by atoms with Gasteiger partial charge in [-0.3, -0.25) is 5.32 Å². The fourth-order valence-corrected chi connectivity index (χ4v) is 5.81. The molecule has 1 atom stereocenters. The van der Waals surface area contributed by atoms with Gasteiger partial charge in [0.1, 0.15) is 18.2 Å². The van der Waals surface area contributed by atoms with E-state index in [2.05, 4.69) is 36.3 Å². The van der Waals surface area contributed by atoms with E-state index in [1.807, 2.05) is 85.4 Å². The first-order valence-corrected chi connectivity index (χ1v) is 14.8. The maximum atomic E-state index is 13.3. The van der Waals surface area contributed by atoms with E-state index in [0.29, 0.717) is 18.1 Å². The highest BCUT2D eigenvalue weighted by atomic mass is 32.2. The molecule has 0 bridgehead atoms. The van der Waals surface area contributed by atoms with Gasteiger partial charge in [-0.25, -0.2) is 14.4 Å². The molecule has 3 aromatic carbocycles. The number of amides is 2. The molecule has 8 nitrogen and oxygen atoms in total. The van der Waals surface area contributed by atoms with Crippen LogP contribution in [0.1, 0.15) is 32.0 Å². The zero-order valence-corrected chi connectivity index (χ0v) is 24.2. The molecule has 3 heterocycles. The Morgan fingerprint density at radius 3 is 2.38 bits per heavy atom. The van der Waals surface area contributed by atoms with Crippen molar-refractivity contribution in [2.75, 3.05) is 41.8 Å². The molecular formula is C31H35N5O3S. The number of nitrogens with zero attached hydrogens (tertiary/aromatic N) is 3. The predicted molar refractivity (Wildman–Crippen MR) is 162 cm³/mol. The molecule has 2 saturated heterocycles. The third-order valence-corrected chi connectivity index (χ3v) is 8.23. The number of fused-ring (bicyclic) bond motifs is 1. The first-order chi connectivity index (χ1) is 19.2. The molecule has 40 heavy (non-hydrogen) atoms. The molecule has 0 radical (unpaired) electrons. The molecule has 1 aromatic heterocycles. The quantitative estimate of drug-likeness (QED) is 0.268. The summed E-state index contributed by atoms with van der Waals surface area (Å²) in [7, 11) is 0. The number of aromatic nitrogens is 2. The highest BCUT2D eigenvalue weighted by Gasteiger charge is 2.54. The summed E-state index contributed by atoms with van der Waals surface area (Å²) < 4.78 is 14.1. The van der Waals surface area contributed by atoms with Gasteiger partial charge in [0.05, 0.1) is 17.1 Å². The van der Waals surface area contributed by atoms with Gasteiger partial charge >= 0.3 is 6.03 Å². The number of anilines is 2. The van der Waals surface area contributed by atoms with Gasteiger partial charge in [-0.05, 0) is 31.2 Å². The summed E-state index contributed by atoms with van der Waals surface area (Å²) >= 11 is 1.96. The summed E-state index contributed by atoms with van der Waals surface area (Å²) in [6.07, 6.45) is 0. The molecule has 2 fully saturated rings. The third-order valence-electron chi connectivity index (χ3n) is 7.28. The normalized spacial score (nSPS) is 19.4. The number of hydrogen-bond acceptors (Lipinski definition) is 6. The number of hydrogen-bond donors (Lipinski definition) is 2. The van der Waals surface area contributed by atoms with Crippen LogP contribution in [0.25, 0.3) is 16.5 Å². The zero-order chi connectivity index (χ0) is 27.9. The predicted octanol–water partition coefficient (Wildman–Crippen LogP) is 6.39. The number of aryl methyl sites for hydroxylation is 1. The number of rotatable bonds is 6. The summed E-state index contributed by atoms with van der Waals surface area (Å²) in [6, 6.07) is 21.4. The van der Waals surface area contributed by atoms with Gasteiger partial charge in [0.15, 0.2) is 0 Å². The lowest BCUT2D eigenvalue weighted by Gasteiger charge is -2.32. The Labute approximate surface area is 239 Å². The Balaban J connectivity index is 1.25. The summed E-state index contributed by atoms with van der Waals surface area (Å²) in [5.41, 5.74) is 3.45. The van der Waals surface area contributed by atoms with Crippen molar-refractivity contribution >= 4 is 40.1 Å². The van der Waals surface area contributed by atoms with Crippen molar-refractivity contribution in [3.8, 4) is 11.4 Å². The van der Waals surface area contributed by atoms with Crippen molar-refractivity contribution in [1.29, 1.82) is 0 Å². The van der Waals surface area contributed by atoms with Gasteiger partial charge < -0.3 is 14.8 Å². The third kappa shape index (κ3) is 5.41. The molecule has 2 N–H and O–H groups in total. The maximum absolute atomic E-state index is 13.3. The van der Waals surface area contributed by atoms with Crippen LogP contribution >= 0.6 is 11.8 Å². The number of epoxide rings is 1. The van der Waals surface area contributed by atoms with E-state index in [1.54, 1.807) is 4.68 Å². The van der Waals surface area contributed by atoms with Crippen LogP contribution in [0.4, 0.5) is 16.3 Å². The summed E-state index contributed by atoms with van der Waals surface area (Å²) in [4.78, 5) is 15.6. The summed E-state index contributed by atoms with van der Waals surface area (Å²) in [6.45, 7) is 10.8. The Kier molecular flexibility index (Phi) is 6.98. The lowest BCUT2D eigenvalue weighted by Crippen LogP contribution is -2.47. The largest absolute Gasteiger partial charge is 0.446 e. The molecule has 4 aromatic rings. The second-order valence-corrected chi connectivity index (χ2v) is 12.6. The number of carbonyl (C=O) groups is 1. The minimum Gasteiger partial charge on any atom is -0.446 e. The van der Waals surface area contributed by atoms with E-state index in [9.17, 15) is 4.79 Å². The van der Waals surface area contributed by atoms with Crippen molar-refractivity contribution in [2.45, 2.75) is 39.0 Å². The fourth-order valence-electron chi connectivity index (χ4n) is 4.90. The van der Waals surface area contributed by atoms with E-state index in [4.69, 9.17) is 14.6 Å². The average Bonchev–Trinajstić information content (AvgIpc) is 3.61. The number of nitrogens with one attached hydrogen (secondary N) is 2. The maximum Gasteiger partial charge on any atom is 0.324 e. The first-order valence-electron chi connectivity index (χ1n) is 13.6. The molecule has 0 spiro atoms. The smallest absolute Gasteiger partial charge is 0.324 e. The van der Waals surface area contributed by atoms with Gasteiger partial charge in [-0.1, -0.05) is 62.7 Å². The standard InChI is InChI=1S/C31H35N5O3S/c1-21-9-11-22(12-10-21)36-28(19-27(34-36)30(2,3)4)33-29(37)32-25-13-14-26(24-8-6-5-7-23(24)25)39-31(20-38-31)35-15-17-40-18-16-35/h5-14,19H,15-18,20H2,1-4H3,(H2,32,33,37).